The standard InChI is InChI=1S/C26H25N3O2/c1-4-15-7-9-17-21(11-15)27-23-13-20-24(14-19(23)25(17)30)28-22-12-16(29(5-2)6-3)8-10-18(22)26(20)31/h7-14H,4-6H2,1-3H3,(H,27,30)(H,28,31). The average molecular weight is 412 g/mol. The Labute approximate surface area is 179 Å². The molecule has 156 valence electrons. The zero-order valence-electron chi connectivity index (χ0n) is 18.0. The van der Waals surface area contributed by atoms with Crippen molar-refractivity contribution in [2.75, 3.05) is 18.0 Å². The monoisotopic (exact) mass is 411 g/mol. The van der Waals surface area contributed by atoms with Crippen LogP contribution in [-0.2, 0) is 6.42 Å². The molecule has 5 aromatic rings. The van der Waals surface area contributed by atoms with Gasteiger partial charge in [-0.05, 0) is 68.3 Å². The predicted molar refractivity (Wildman–Crippen MR) is 131 cm³/mol. The molecule has 2 N–H and O–H groups in total. The van der Waals surface area contributed by atoms with Gasteiger partial charge in [-0.25, -0.2) is 0 Å². The summed E-state index contributed by atoms with van der Waals surface area (Å²) in [6, 6.07) is 15.4. The van der Waals surface area contributed by atoms with Crippen LogP contribution < -0.4 is 15.8 Å². The molecule has 0 saturated heterocycles. The van der Waals surface area contributed by atoms with E-state index in [9.17, 15) is 9.59 Å². The third kappa shape index (κ3) is 3.00. The first-order valence-electron chi connectivity index (χ1n) is 10.9. The van der Waals surface area contributed by atoms with Crippen LogP contribution in [0.25, 0.3) is 43.6 Å². The lowest BCUT2D eigenvalue weighted by molar-refractivity contribution is 0.867. The van der Waals surface area contributed by atoms with Crippen LogP contribution in [-0.4, -0.2) is 23.1 Å². The first-order valence-corrected chi connectivity index (χ1v) is 10.9. The van der Waals surface area contributed by atoms with E-state index in [2.05, 4.69) is 35.6 Å². The molecule has 0 aliphatic rings. The maximum atomic E-state index is 13.3. The minimum Gasteiger partial charge on any atom is -0.372 e. The summed E-state index contributed by atoms with van der Waals surface area (Å²) in [6.07, 6.45) is 0.898. The summed E-state index contributed by atoms with van der Waals surface area (Å²) in [4.78, 5) is 35.5. The molecular formula is C26H25N3O2. The first-order chi connectivity index (χ1) is 15.0. The van der Waals surface area contributed by atoms with Crippen LogP contribution >= 0.6 is 0 Å². The highest BCUT2D eigenvalue weighted by molar-refractivity contribution is 6.03. The SMILES string of the molecule is CCc1ccc2c(=O)c3cc4[nH]c5cc(N(CC)CC)ccc5c(=O)c4cc3[nH]c2c1. The third-order valence-electron chi connectivity index (χ3n) is 6.30. The van der Waals surface area contributed by atoms with Crippen molar-refractivity contribution in [3.8, 4) is 0 Å². The topological polar surface area (TPSA) is 69.0 Å². The number of hydrogen-bond acceptors (Lipinski definition) is 3. The number of anilines is 1. The molecule has 3 aromatic carbocycles. The van der Waals surface area contributed by atoms with Crippen LogP contribution in [0.5, 0.6) is 0 Å². The van der Waals surface area contributed by atoms with Crippen molar-refractivity contribution in [2.24, 2.45) is 0 Å². The van der Waals surface area contributed by atoms with Gasteiger partial charge >= 0.3 is 0 Å². The highest BCUT2D eigenvalue weighted by Crippen LogP contribution is 2.24. The van der Waals surface area contributed by atoms with E-state index in [1.165, 1.54) is 0 Å². The smallest absolute Gasteiger partial charge is 0.197 e. The number of pyridine rings is 2. The summed E-state index contributed by atoms with van der Waals surface area (Å²) in [5, 5.41) is 2.48. The summed E-state index contributed by atoms with van der Waals surface area (Å²) < 4.78 is 0. The summed E-state index contributed by atoms with van der Waals surface area (Å²) in [5.41, 5.74) is 5.13. The van der Waals surface area contributed by atoms with Gasteiger partial charge in [0.25, 0.3) is 0 Å². The largest absolute Gasteiger partial charge is 0.372 e. The van der Waals surface area contributed by atoms with Crippen LogP contribution in [0.1, 0.15) is 26.3 Å². The van der Waals surface area contributed by atoms with Gasteiger partial charge in [-0.3, -0.25) is 9.59 Å². The van der Waals surface area contributed by atoms with E-state index in [4.69, 9.17) is 0 Å². The number of nitrogens with zero attached hydrogens (tertiary/aromatic N) is 1. The van der Waals surface area contributed by atoms with Gasteiger partial charge in [-0.15, -0.1) is 0 Å². The van der Waals surface area contributed by atoms with E-state index in [1.54, 1.807) is 6.07 Å². The van der Waals surface area contributed by atoms with E-state index in [-0.39, 0.29) is 10.9 Å². The molecule has 0 spiro atoms. The molecule has 2 aromatic heterocycles. The molecule has 0 aliphatic heterocycles. The molecule has 2 heterocycles. The zero-order valence-corrected chi connectivity index (χ0v) is 18.0. The summed E-state index contributed by atoms with van der Waals surface area (Å²) in [6.45, 7) is 8.11. The summed E-state index contributed by atoms with van der Waals surface area (Å²) >= 11 is 0. The van der Waals surface area contributed by atoms with Gasteiger partial charge in [0.2, 0.25) is 0 Å². The highest BCUT2D eigenvalue weighted by atomic mass is 16.1. The number of hydrogen-bond donors (Lipinski definition) is 2. The molecule has 31 heavy (non-hydrogen) atoms. The molecule has 0 saturated carbocycles. The van der Waals surface area contributed by atoms with Crippen LogP contribution in [0.3, 0.4) is 0 Å². The Morgan fingerprint density at radius 2 is 1.16 bits per heavy atom. The molecule has 5 rings (SSSR count). The maximum Gasteiger partial charge on any atom is 0.197 e. The van der Waals surface area contributed by atoms with Gasteiger partial charge in [0.05, 0.1) is 22.1 Å². The van der Waals surface area contributed by atoms with Crippen LogP contribution in [0.2, 0.25) is 0 Å². The van der Waals surface area contributed by atoms with Gasteiger partial charge in [0.15, 0.2) is 10.9 Å². The molecule has 0 radical (unpaired) electrons. The van der Waals surface area contributed by atoms with Gasteiger partial charge < -0.3 is 14.9 Å². The number of nitrogens with one attached hydrogen (secondary N) is 2. The van der Waals surface area contributed by atoms with Crippen LogP contribution in [0.4, 0.5) is 5.69 Å². The molecule has 0 bridgehead atoms. The fourth-order valence-electron chi connectivity index (χ4n) is 4.49. The van der Waals surface area contributed by atoms with E-state index < -0.39 is 0 Å². The fourth-order valence-corrected chi connectivity index (χ4v) is 4.49. The van der Waals surface area contributed by atoms with Crippen molar-refractivity contribution in [1.29, 1.82) is 0 Å². The van der Waals surface area contributed by atoms with E-state index in [0.29, 0.717) is 32.6 Å². The lowest BCUT2D eigenvalue weighted by Crippen LogP contribution is -2.21. The Morgan fingerprint density at radius 3 is 1.71 bits per heavy atom. The third-order valence-corrected chi connectivity index (χ3v) is 6.30. The second kappa shape index (κ2) is 7.27. The van der Waals surface area contributed by atoms with Gasteiger partial charge in [-0.2, -0.15) is 0 Å². The predicted octanol–water partition coefficient (Wildman–Crippen LogP) is 5.08. The van der Waals surface area contributed by atoms with Crippen molar-refractivity contribution < 1.29 is 0 Å². The number of H-pyrrole nitrogens is 2. The number of aromatic nitrogens is 2. The second-order valence-electron chi connectivity index (χ2n) is 7.99. The van der Waals surface area contributed by atoms with Crippen molar-refractivity contribution in [2.45, 2.75) is 27.2 Å². The second-order valence-corrected chi connectivity index (χ2v) is 7.99. The first kappa shape index (κ1) is 19.4. The molecule has 0 fully saturated rings. The Morgan fingerprint density at radius 1 is 0.645 bits per heavy atom. The minimum atomic E-state index is -0.0278. The van der Waals surface area contributed by atoms with E-state index in [1.807, 2.05) is 42.5 Å². The van der Waals surface area contributed by atoms with Crippen molar-refractivity contribution in [3.05, 3.63) is 74.5 Å². The Balaban J connectivity index is 1.83. The Kier molecular flexibility index (Phi) is 4.54. The van der Waals surface area contributed by atoms with Gasteiger partial charge in [-0.1, -0.05) is 13.0 Å². The van der Waals surface area contributed by atoms with Gasteiger partial charge in [0, 0.05) is 40.3 Å². The van der Waals surface area contributed by atoms with E-state index in [0.717, 1.165) is 41.8 Å². The van der Waals surface area contributed by atoms with Crippen LogP contribution in [0.15, 0.2) is 58.1 Å². The number of rotatable bonds is 4. The normalized spacial score (nSPS) is 11.7. The number of fused-ring (bicyclic) bond motifs is 4. The molecule has 0 aliphatic carbocycles. The molecule has 0 unspecified atom stereocenters. The number of aryl methyl sites for hydroxylation is 1. The fraction of sp³-hybridized carbons (Fsp3) is 0.231. The molecule has 5 nitrogen and oxygen atoms in total. The lowest BCUT2D eigenvalue weighted by Gasteiger charge is -2.21. The summed E-state index contributed by atoms with van der Waals surface area (Å²) in [7, 11) is 0. The van der Waals surface area contributed by atoms with Crippen molar-refractivity contribution >= 4 is 49.3 Å². The lowest BCUT2D eigenvalue weighted by atomic mass is 10.0. The van der Waals surface area contributed by atoms with E-state index >= 15 is 0 Å². The highest BCUT2D eigenvalue weighted by Gasteiger charge is 2.12. The molecule has 0 amide bonds. The zero-order chi connectivity index (χ0) is 21.7. The molecular weight excluding hydrogens is 386 g/mol. The minimum absolute atomic E-state index is 0.0221. The Bertz CT molecular complexity index is 1590. The van der Waals surface area contributed by atoms with Crippen molar-refractivity contribution in [3.63, 3.8) is 0 Å². The van der Waals surface area contributed by atoms with Crippen LogP contribution in [0, 0.1) is 0 Å². The molecule has 0 atom stereocenters. The maximum absolute atomic E-state index is 13.3. The number of aromatic amines is 2. The summed E-state index contributed by atoms with van der Waals surface area (Å²) in [5.74, 6) is 0. The van der Waals surface area contributed by atoms with Gasteiger partial charge in [0.1, 0.15) is 0 Å². The molecule has 5 heteroatoms. The van der Waals surface area contributed by atoms with Crippen molar-refractivity contribution in [1.82, 2.24) is 9.97 Å². The number of benzene rings is 3. The quantitative estimate of drug-likeness (QED) is 0.405. The average Bonchev–Trinajstić information content (AvgIpc) is 2.79. The Hall–Kier alpha value is -3.60.